The molecule has 3 rings (SSSR count). The van der Waals surface area contributed by atoms with Crippen LogP contribution in [0.4, 0.5) is 0 Å². The molecule has 6 heteroatoms. The first-order chi connectivity index (χ1) is 11.0. The predicted molar refractivity (Wildman–Crippen MR) is 88.7 cm³/mol. The van der Waals surface area contributed by atoms with Gasteiger partial charge in [-0.05, 0) is 36.8 Å². The molecule has 0 N–H and O–H groups in total. The van der Waals surface area contributed by atoms with Gasteiger partial charge < -0.3 is 9.90 Å². The smallest absolute Gasteiger partial charge is 0.200 e. The van der Waals surface area contributed by atoms with Gasteiger partial charge in [0.05, 0.1) is 16.9 Å². The summed E-state index contributed by atoms with van der Waals surface area (Å²) in [5, 5.41) is 11.8. The Kier molecular flexibility index (Phi) is 4.00. The van der Waals surface area contributed by atoms with Gasteiger partial charge >= 0.3 is 0 Å². The highest BCUT2D eigenvalue weighted by Gasteiger charge is 2.18. The first-order valence-corrected chi connectivity index (χ1v) is 7.83. The lowest BCUT2D eigenvalue weighted by atomic mass is 10.1. The van der Waals surface area contributed by atoms with Crippen molar-refractivity contribution in [2.45, 2.75) is 13.3 Å². The molecule has 0 atom stereocenters. The minimum atomic E-state index is -1.47. The van der Waals surface area contributed by atoms with Crippen LogP contribution in [0.15, 0.2) is 51.9 Å². The van der Waals surface area contributed by atoms with E-state index in [-0.39, 0.29) is 10.9 Å². The molecule has 0 aliphatic carbocycles. The number of rotatable bonds is 3. The van der Waals surface area contributed by atoms with Gasteiger partial charge in [-0.1, -0.05) is 28.9 Å². The van der Waals surface area contributed by atoms with Crippen LogP contribution < -0.4 is 10.5 Å². The molecular weight excluding hydrogens is 360 g/mol. The number of carboxylic acid groups (broad SMARTS) is 1. The summed E-state index contributed by atoms with van der Waals surface area (Å²) < 4.78 is 2.54. The van der Waals surface area contributed by atoms with Crippen LogP contribution in [0.1, 0.15) is 23.0 Å². The highest BCUT2D eigenvalue weighted by molar-refractivity contribution is 9.10. The Morgan fingerprint density at radius 1 is 1.30 bits per heavy atom. The van der Waals surface area contributed by atoms with E-state index in [1.807, 2.05) is 24.3 Å². The van der Waals surface area contributed by atoms with Crippen LogP contribution >= 0.6 is 15.9 Å². The van der Waals surface area contributed by atoms with Gasteiger partial charge in [-0.15, -0.1) is 0 Å². The van der Waals surface area contributed by atoms with Crippen molar-refractivity contribution in [2.75, 3.05) is 0 Å². The van der Waals surface area contributed by atoms with E-state index in [9.17, 15) is 14.7 Å². The highest BCUT2D eigenvalue weighted by atomic mass is 79.9. The molecule has 0 aliphatic rings. The van der Waals surface area contributed by atoms with Crippen LogP contribution in [0.2, 0.25) is 0 Å². The van der Waals surface area contributed by atoms with Crippen molar-refractivity contribution in [3.05, 3.63) is 68.5 Å². The van der Waals surface area contributed by atoms with Gasteiger partial charge in [-0.3, -0.25) is 9.36 Å². The fourth-order valence-electron chi connectivity index (χ4n) is 2.70. The van der Waals surface area contributed by atoms with Crippen molar-refractivity contribution in [1.29, 1.82) is 0 Å². The Hall–Kier alpha value is -2.47. The van der Waals surface area contributed by atoms with Gasteiger partial charge in [0, 0.05) is 22.1 Å². The molecule has 23 heavy (non-hydrogen) atoms. The molecule has 0 amide bonds. The molecule has 0 fully saturated rings. The normalized spacial score (nSPS) is 10.9. The molecule has 0 unspecified atom stereocenters. The van der Waals surface area contributed by atoms with E-state index in [2.05, 4.69) is 20.9 Å². The molecule has 0 bridgehead atoms. The number of nitrogens with zero attached hydrogens (tertiary/aromatic N) is 2. The zero-order valence-electron chi connectivity index (χ0n) is 12.2. The summed E-state index contributed by atoms with van der Waals surface area (Å²) in [5.41, 5.74) is 0.656. The van der Waals surface area contributed by atoms with Gasteiger partial charge in [0.1, 0.15) is 5.65 Å². The van der Waals surface area contributed by atoms with E-state index in [0.717, 1.165) is 10.2 Å². The summed E-state index contributed by atoms with van der Waals surface area (Å²) in [6.45, 7) is 1.80. The van der Waals surface area contributed by atoms with Gasteiger partial charge in [0.2, 0.25) is 0 Å². The third-order valence-electron chi connectivity index (χ3n) is 3.63. The molecule has 0 spiro atoms. The molecule has 3 aromatic rings. The third kappa shape index (κ3) is 2.55. The van der Waals surface area contributed by atoms with Gasteiger partial charge in [-0.2, -0.15) is 0 Å². The van der Waals surface area contributed by atoms with Crippen LogP contribution in [-0.4, -0.2) is 15.5 Å². The fourth-order valence-corrected chi connectivity index (χ4v) is 3.08. The molecule has 116 valence electrons. The Labute approximate surface area is 140 Å². The summed E-state index contributed by atoms with van der Waals surface area (Å²) in [6.07, 6.45) is 1.94. The molecule has 0 saturated heterocycles. The second-order valence-electron chi connectivity index (χ2n) is 4.98. The quantitative estimate of drug-likeness (QED) is 0.706. The first-order valence-electron chi connectivity index (χ1n) is 7.04. The number of pyridine rings is 2. The lowest BCUT2D eigenvalue weighted by molar-refractivity contribution is -0.255. The molecule has 1 aromatic carbocycles. The van der Waals surface area contributed by atoms with Crippen molar-refractivity contribution in [3.8, 4) is 5.69 Å². The molecule has 5 nitrogen and oxygen atoms in total. The third-order valence-corrected chi connectivity index (χ3v) is 4.13. The Balaban J connectivity index is 2.56. The van der Waals surface area contributed by atoms with E-state index in [0.29, 0.717) is 17.8 Å². The largest absolute Gasteiger partial charge is 0.545 e. The van der Waals surface area contributed by atoms with E-state index in [1.54, 1.807) is 29.8 Å². The van der Waals surface area contributed by atoms with Gasteiger partial charge in [0.25, 0.3) is 0 Å². The number of halogens is 1. The summed E-state index contributed by atoms with van der Waals surface area (Å²) in [5.74, 6) is -1.47. The number of carboxylic acids is 1. The topological polar surface area (TPSA) is 75.0 Å². The van der Waals surface area contributed by atoms with E-state index in [1.165, 1.54) is 0 Å². The zero-order chi connectivity index (χ0) is 16.6. The lowest BCUT2D eigenvalue weighted by Crippen LogP contribution is -2.33. The molecular formula is C17H12BrN2O3-. The number of carbonyl (C=O) groups excluding carboxylic acids is 1. The molecule has 0 aliphatic heterocycles. The van der Waals surface area contributed by atoms with Crippen LogP contribution in [0.5, 0.6) is 0 Å². The predicted octanol–water partition coefficient (Wildman–Crippen LogP) is 2.07. The summed E-state index contributed by atoms with van der Waals surface area (Å²) in [4.78, 5) is 28.3. The van der Waals surface area contributed by atoms with Crippen molar-refractivity contribution >= 4 is 32.9 Å². The van der Waals surface area contributed by atoms with Crippen LogP contribution in [-0.2, 0) is 6.42 Å². The highest BCUT2D eigenvalue weighted by Crippen LogP contribution is 2.23. The summed E-state index contributed by atoms with van der Waals surface area (Å²) in [7, 11) is 0. The van der Waals surface area contributed by atoms with Crippen LogP contribution in [0.3, 0.4) is 0 Å². The van der Waals surface area contributed by atoms with Gasteiger partial charge in [0.15, 0.2) is 5.43 Å². The Morgan fingerprint density at radius 3 is 2.74 bits per heavy atom. The number of hydrogen-bond acceptors (Lipinski definition) is 4. The second-order valence-corrected chi connectivity index (χ2v) is 5.90. The molecule has 2 aromatic heterocycles. The monoisotopic (exact) mass is 371 g/mol. The van der Waals surface area contributed by atoms with Crippen molar-refractivity contribution < 1.29 is 9.90 Å². The standard InChI is InChI=1S/C17H13BrN2O3/c1-2-13-14(17(22)23)15(21)12-7-4-8-19-16(12)20(13)11-6-3-5-10(18)9-11/h3-9H,2H2,1H3,(H,22,23)/p-1. The first kappa shape index (κ1) is 15.4. The molecule has 2 heterocycles. The van der Waals surface area contributed by atoms with E-state index < -0.39 is 11.4 Å². The molecule has 0 saturated carbocycles. The number of aromatic carboxylic acids is 1. The molecule has 0 radical (unpaired) electrons. The maximum Gasteiger partial charge on any atom is 0.200 e. The number of hydrogen-bond donors (Lipinski definition) is 0. The number of aromatic nitrogens is 2. The van der Waals surface area contributed by atoms with Crippen molar-refractivity contribution in [3.63, 3.8) is 0 Å². The average Bonchev–Trinajstić information content (AvgIpc) is 2.54. The number of carbonyl (C=O) groups is 1. The van der Waals surface area contributed by atoms with Crippen molar-refractivity contribution in [1.82, 2.24) is 9.55 Å². The minimum Gasteiger partial charge on any atom is -0.545 e. The maximum atomic E-state index is 12.5. The second kappa shape index (κ2) is 5.96. The maximum absolute atomic E-state index is 12.5. The Bertz CT molecular complexity index is 979. The number of fused-ring (bicyclic) bond motifs is 1. The van der Waals surface area contributed by atoms with Crippen molar-refractivity contribution in [2.24, 2.45) is 0 Å². The minimum absolute atomic E-state index is 0.254. The van der Waals surface area contributed by atoms with Crippen LogP contribution in [0, 0.1) is 0 Å². The zero-order valence-corrected chi connectivity index (χ0v) is 13.8. The SMILES string of the molecule is CCc1c(C(=O)[O-])c(=O)c2cccnc2n1-c1cccc(Br)c1. The van der Waals surface area contributed by atoms with E-state index >= 15 is 0 Å². The van der Waals surface area contributed by atoms with E-state index in [4.69, 9.17) is 0 Å². The van der Waals surface area contributed by atoms with Crippen LogP contribution in [0.25, 0.3) is 16.7 Å². The fraction of sp³-hybridized carbons (Fsp3) is 0.118. The Morgan fingerprint density at radius 2 is 2.09 bits per heavy atom. The summed E-state index contributed by atoms with van der Waals surface area (Å²) in [6, 6.07) is 10.6. The lowest BCUT2D eigenvalue weighted by Gasteiger charge is -2.19. The average molecular weight is 372 g/mol. The van der Waals surface area contributed by atoms with Gasteiger partial charge in [-0.25, -0.2) is 4.98 Å². The number of benzene rings is 1. The summed E-state index contributed by atoms with van der Waals surface area (Å²) >= 11 is 3.41.